The highest BCUT2D eigenvalue weighted by atomic mass is 16.3. The van der Waals surface area contributed by atoms with Crippen LogP contribution < -0.4 is 4.90 Å². The Morgan fingerprint density at radius 1 is 0.929 bits per heavy atom. The predicted octanol–water partition coefficient (Wildman–Crippen LogP) is 4.76. The third-order valence-corrected chi connectivity index (χ3v) is 7.44. The minimum absolute atomic E-state index is 0.381. The highest BCUT2D eigenvalue weighted by Crippen LogP contribution is 2.53. The lowest BCUT2D eigenvalue weighted by Gasteiger charge is -2.46. The summed E-state index contributed by atoms with van der Waals surface area (Å²) in [6.45, 7) is 16.0. The van der Waals surface area contributed by atoms with Crippen LogP contribution >= 0.6 is 0 Å². The van der Waals surface area contributed by atoms with Crippen molar-refractivity contribution in [3.8, 4) is 0 Å². The van der Waals surface area contributed by atoms with Crippen LogP contribution in [0, 0.1) is 22.7 Å². The van der Waals surface area contributed by atoms with Gasteiger partial charge in [0.1, 0.15) is 0 Å². The maximum atomic E-state index is 9.30. The summed E-state index contributed by atoms with van der Waals surface area (Å²) in [4.78, 5) is 5.25. The number of aliphatic hydroxyl groups is 1. The third kappa shape index (κ3) is 4.57. The van der Waals surface area contributed by atoms with Gasteiger partial charge in [0.25, 0.3) is 0 Å². The molecule has 0 aromatic heterocycles. The fraction of sp³-hybridized carbons (Fsp3) is 0.760. The molecule has 156 valence electrons. The van der Waals surface area contributed by atoms with Gasteiger partial charge in [0.05, 0.1) is 0 Å². The molecule has 1 N–H and O–H groups in total. The summed E-state index contributed by atoms with van der Waals surface area (Å²) in [5, 5.41) is 9.30. The van der Waals surface area contributed by atoms with E-state index >= 15 is 0 Å². The summed E-state index contributed by atoms with van der Waals surface area (Å²) in [6, 6.07) is 9.23. The Hall–Kier alpha value is -1.06. The number of aliphatic hydroxyl groups excluding tert-OH is 1. The maximum absolute atomic E-state index is 9.30. The van der Waals surface area contributed by atoms with Gasteiger partial charge < -0.3 is 10.0 Å². The minimum atomic E-state index is 0.381. The number of benzene rings is 1. The minimum Gasteiger partial charge on any atom is -0.396 e. The van der Waals surface area contributed by atoms with Gasteiger partial charge in [-0.1, -0.05) is 45.9 Å². The van der Waals surface area contributed by atoms with Gasteiger partial charge in [-0.05, 0) is 65.9 Å². The van der Waals surface area contributed by atoms with Crippen LogP contribution in [0.4, 0.5) is 5.69 Å². The standard InChI is InChI=1S/C25H40N2O/c1-24(2)14-21(15-25(3,4)18-24)22-7-5-6-8-23(22)27-11-9-26(10-12-27)16-19-13-20(19)17-28/h5-8,19-21,28H,9-18H2,1-4H3/t19-,20-/m0/s1. The Labute approximate surface area is 172 Å². The summed E-state index contributed by atoms with van der Waals surface area (Å²) >= 11 is 0. The molecule has 0 amide bonds. The van der Waals surface area contributed by atoms with E-state index in [1.807, 2.05) is 0 Å². The van der Waals surface area contributed by atoms with Crippen LogP contribution in [-0.2, 0) is 0 Å². The van der Waals surface area contributed by atoms with Crippen molar-refractivity contribution in [2.75, 3.05) is 44.2 Å². The molecule has 3 fully saturated rings. The SMILES string of the molecule is CC1(C)CC(c2ccccc2N2CCN(C[C@@H]3C[C@H]3CO)CC2)CC(C)(C)C1. The van der Waals surface area contributed by atoms with E-state index in [0.717, 1.165) is 32.1 Å². The Morgan fingerprint density at radius 3 is 2.18 bits per heavy atom. The van der Waals surface area contributed by atoms with Crippen molar-refractivity contribution < 1.29 is 5.11 Å². The molecule has 2 saturated carbocycles. The van der Waals surface area contributed by atoms with Gasteiger partial charge in [0.15, 0.2) is 0 Å². The molecule has 2 atom stereocenters. The zero-order chi connectivity index (χ0) is 19.9. The molecule has 0 bridgehead atoms. The zero-order valence-corrected chi connectivity index (χ0v) is 18.5. The fourth-order valence-corrected chi connectivity index (χ4v) is 6.45. The van der Waals surface area contributed by atoms with Crippen molar-refractivity contribution in [1.82, 2.24) is 4.90 Å². The molecule has 3 aliphatic rings. The van der Waals surface area contributed by atoms with E-state index in [0.29, 0.717) is 29.3 Å². The lowest BCUT2D eigenvalue weighted by Crippen LogP contribution is -2.47. The highest BCUT2D eigenvalue weighted by Gasteiger charge is 2.40. The average Bonchev–Trinajstić information content (AvgIpc) is 3.38. The molecule has 1 aliphatic heterocycles. The summed E-state index contributed by atoms with van der Waals surface area (Å²) in [5.74, 6) is 2.00. The molecule has 1 aromatic rings. The maximum Gasteiger partial charge on any atom is 0.0462 e. The van der Waals surface area contributed by atoms with E-state index in [1.54, 1.807) is 5.56 Å². The van der Waals surface area contributed by atoms with E-state index in [1.165, 1.54) is 37.9 Å². The van der Waals surface area contributed by atoms with Gasteiger partial charge in [0, 0.05) is 45.0 Å². The summed E-state index contributed by atoms with van der Waals surface area (Å²) in [6.07, 6.45) is 5.16. The van der Waals surface area contributed by atoms with Gasteiger partial charge in [-0.3, -0.25) is 4.90 Å². The first-order valence-electron chi connectivity index (χ1n) is 11.4. The number of nitrogens with zero attached hydrogens (tertiary/aromatic N) is 2. The number of hydrogen-bond acceptors (Lipinski definition) is 3. The van der Waals surface area contributed by atoms with Crippen LogP contribution in [0.1, 0.15) is 64.9 Å². The second-order valence-electron chi connectivity index (χ2n) is 11.4. The largest absolute Gasteiger partial charge is 0.396 e. The quantitative estimate of drug-likeness (QED) is 0.793. The summed E-state index contributed by atoms with van der Waals surface area (Å²) < 4.78 is 0. The molecule has 1 heterocycles. The van der Waals surface area contributed by atoms with Crippen LogP contribution in [0.2, 0.25) is 0 Å². The molecule has 1 aromatic carbocycles. The van der Waals surface area contributed by atoms with Gasteiger partial charge >= 0.3 is 0 Å². The van der Waals surface area contributed by atoms with Gasteiger partial charge in [0.2, 0.25) is 0 Å². The molecular weight excluding hydrogens is 344 g/mol. The molecule has 4 rings (SSSR count). The number of anilines is 1. The summed E-state index contributed by atoms with van der Waals surface area (Å²) in [5.41, 5.74) is 3.91. The van der Waals surface area contributed by atoms with Crippen molar-refractivity contribution in [2.24, 2.45) is 22.7 Å². The second-order valence-corrected chi connectivity index (χ2v) is 11.4. The normalized spacial score (nSPS) is 30.4. The molecular formula is C25H40N2O. The van der Waals surface area contributed by atoms with E-state index in [9.17, 15) is 5.11 Å². The zero-order valence-electron chi connectivity index (χ0n) is 18.5. The third-order valence-electron chi connectivity index (χ3n) is 7.44. The van der Waals surface area contributed by atoms with Gasteiger partial charge in [-0.15, -0.1) is 0 Å². The lowest BCUT2D eigenvalue weighted by atomic mass is 9.60. The van der Waals surface area contributed by atoms with E-state index < -0.39 is 0 Å². The van der Waals surface area contributed by atoms with E-state index in [-0.39, 0.29) is 0 Å². The Morgan fingerprint density at radius 2 is 1.57 bits per heavy atom. The van der Waals surface area contributed by atoms with Crippen molar-refractivity contribution in [2.45, 2.75) is 59.3 Å². The van der Waals surface area contributed by atoms with Crippen molar-refractivity contribution in [1.29, 1.82) is 0 Å². The predicted molar refractivity (Wildman–Crippen MR) is 118 cm³/mol. The summed E-state index contributed by atoms with van der Waals surface area (Å²) in [7, 11) is 0. The van der Waals surface area contributed by atoms with Gasteiger partial charge in [-0.25, -0.2) is 0 Å². The monoisotopic (exact) mass is 384 g/mol. The second kappa shape index (κ2) is 7.65. The van der Waals surface area contributed by atoms with Gasteiger partial charge in [-0.2, -0.15) is 0 Å². The topological polar surface area (TPSA) is 26.7 Å². The number of piperazine rings is 1. The molecule has 2 aliphatic carbocycles. The molecule has 28 heavy (non-hydrogen) atoms. The van der Waals surface area contributed by atoms with Crippen LogP contribution in [0.15, 0.2) is 24.3 Å². The van der Waals surface area contributed by atoms with Crippen molar-refractivity contribution >= 4 is 5.69 Å². The number of rotatable bonds is 5. The molecule has 0 radical (unpaired) electrons. The first-order chi connectivity index (χ1) is 13.3. The van der Waals surface area contributed by atoms with Crippen LogP contribution in [0.5, 0.6) is 0 Å². The molecule has 3 nitrogen and oxygen atoms in total. The Bertz CT molecular complexity index is 659. The number of hydrogen-bond donors (Lipinski definition) is 1. The van der Waals surface area contributed by atoms with Crippen molar-refractivity contribution in [3.05, 3.63) is 29.8 Å². The van der Waals surface area contributed by atoms with E-state index in [2.05, 4.69) is 61.8 Å². The first kappa shape index (κ1) is 20.2. The highest BCUT2D eigenvalue weighted by molar-refractivity contribution is 5.56. The fourth-order valence-electron chi connectivity index (χ4n) is 6.45. The molecule has 0 unspecified atom stereocenters. The Kier molecular flexibility index (Phi) is 5.52. The van der Waals surface area contributed by atoms with Crippen LogP contribution in [0.3, 0.4) is 0 Å². The average molecular weight is 385 g/mol. The smallest absolute Gasteiger partial charge is 0.0462 e. The molecule has 3 heteroatoms. The van der Waals surface area contributed by atoms with Crippen LogP contribution in [0.25, 0.3) is 0 Å². The lowest BCUT2D eigenvalue weighted by molar-refractivity contribution is 0.0970. The number of para-hydroxylation sites is 1. The first-order valence-corrected chi connectivity index (χ1v) is 11.4. The molecule has 1 saturated heterocycles. The van der Waals surface area contributed by atoms with E-state index in [4.69, 9.17) is 0 Å². The van der Waals surface area contributed by atoms with Crippen molar-refractivity contribution in [3.63, 3.8) is 0 Å². The van der Waals surface area contributed by atoms with Crippen LogP contribution in [-0.4, -0.2) is 49.3 Å². The Balaban J connectivity index is 1.44. The molecule has 0 spiro atoms.